The SMILES string of the molecule is CC(CN/C(=C/c1ccc2ccccc2c1)C(=O)NN)c1ccccc1. The van der Waals surface area contributed by atoms with Crippen molar-refractivity contribution in [2.45, 2.75) is 12.8 Å². The lowest BCUT2D eigenvalue weighted by Crippen LogP contribution is -2.37. The summed E-state index contributed by atoms with van der Waals surface area (Å²) in [6, 6.07) is 24.4. The van der Waals surface area contributed by atoms with Gasteiger partial charge in [0.25, 0.3) is 5.91 Å². The van der Waals surface area contributed by atoms with Crippen molar-refractivity contribution in [2.75, 3.05) is 6.54 Å². The zero-order valence-corrected chi connectivity index (χ0v) is 14.8. The Balaban J connectivity index is 1.80. The molecule has 1 atom stereocenters. The summed E-state index contributed by atoms with van der Waals surface area (Å²) >= 11 is 0. The van der Waals surface area contributed by atoms with Gasteiger partial charge in [-0.15, -0.1) is 0 Å². The molecule has 3 aromatic rings. The molecule has 4 heteroatoms. The average molecular weight is 345 g/mol. The second-order valence-electron chi connectivity index (χ2n) is 6.33. The Bertz CT molecular complexity index is 919. The van der Waals surface area contributed by atoms with Crippen LogP contribution < -0.4 is 16.6 Å². The van der Waals surface area contributed by atoms with Crippen LogP contribution in [0.2, 0.25) is 0 Å². The van der Waals surface area contributed by atoms with Crippen molar-refractivity contribution in [3.63, 3.8) is 0 Å². The van der Waals surface area contributed by atoms with Gasteiger partial charge in [0, 0.05) is 6.54 Å². The molecule has 0 radical (unpaired) electrons. The number of hydrogen-bond acceptors (Lipinski definition) is 3. The maximum absolute atomic E-state index is 12.2. The largest absolute Gasteiger partial charge is 0.380 e. The monoisotopic (exact) mass is 345 g/mol. The first kappa shape index (κ1) is 17.7. The van der Waals surface area contributed by atoms with Crippen LogP contribution in [0, 0.1) is 0 Å². The van der Waals surface area contributed by atoms with E-state index in [0.717, 1.165) is 10.9 Å². The zero-order valence-electron chi connectivity index (χ0n) is 14.8. The normalized spacial score (nSPS) is 12.6. The topological polar surface area (TPSA) is 67.2 Å². The van der Waals surface area contributed by atoms with Crippen molar-refractivity contribution in [3.05, 3.63) is 89.6 Å². The van der Waals surface area contributed by atoms with E-state index in [-0.39, 0.29) is 11.8 Å². The van der Waals surface area contributed by atoms with Crippen molar-refractivity contribution in [3.8, 4) is 0 Å². The molecule has 0 fully saturated rings. The van der Waals surface area contributed by atoms with Crippen molar-refractivity contribution in [2.24, 2.45) is 5.84 Å². The summed E-state index contributed by atoms with van der Waals surface area (Å²) in [6.45, 7) is 2.76. The molecular formula is C22H23N3O. The average Bonchev–Trinajstić information content (AvgIpc) is 2.70. The van der Waals surface area contributed by atoms with Gasteiger partial charge in [-0.2, -0.15) is 0 Å². The highest BCUT2D eigenvalue weighted by atomic mass is 16.2. The summed E-state index contributed by atoms with van der Waals surface area (Å²) < 4.78 is 0. The smallest absolute Gasteiger partial charge is 0.281 e. The van der Waals surface area contributed by atoms with Gasteiger partial charge in [-0.05, 0) is 40.0 Å². The molecule has 3 rings (SSSR count). The number of fused-ring (bicyclic) bond motifs is 1. The number of nitrogens with two attached hydrogens (primary N) is 1. The van der Waals surface area contributed by atoms with Gasteiger partial charge in [-0.3, -0.25) is 10.2 Å². The van der Waals surface area contributed by atoms with Gasteiger partial charge in [0.1, 0.15) is 5.70 Å². The molecule has 0 aromatic heterocycles. The number of hydrazine groups is 1. The van der Waals surface area contributed by atoms with E-state index in [1.807, 2.05) is 48.5 Å². The van der Waals surface area contributed by atoms with Gasteiger partial charge < -0.3 is 5.32 Å². The summed E-state index contributed by atoms with van der Waals surface area (Å²) in [6.07, 6.45) is 1.83. The molecule has 0 saturated carbocycles. The fraction of sp³-hybridized carbons (Fsp3) is 0.136. The molecule has 0 aliphatic rings. The van der Waals surface area contributed by atoms with Crippen LogP contribution in [0.25, 0.3) is 16.8 Å². The third kappa shape index (κ3) is 4.29. The number of rotatable bonds is 6. The number of carbonyl (C=O) groups is 1. The van der Waals surface area contributed by atoms with E-state index in [9.17, 15) is 4.79 Å². The van der Waals surface area contributed by atoms with E-state index in [2.05, 4.69) is 48.0 Å². The van der Waals surface area contributed by atoms with Crippen LogP contribution in [0.4, 0.5) is 0 Å². The molecule has 0 heterocycles. The lowest BCUT2D eigenvalue weighted by molar-refractivity contribution is -0.117. The molecule has 4 nitrogen and oxygen atoms in total. The minimum atomic E-state index is -0.335. The Morgan fingerprint density at radius 2 is 1.69 bits per heavy atom. The van der Waals surface area contributed by atoms with Gasteiger partial charge in [0.05, 0.1) is 0 Å². The molecule has 0 saturated heterocycles. The van der Waals surface area contributed by atoms with E-state index in [4.69, 9.17) is 5.84 Å². The van der Waals surface area contributed by atoms with E-state index >= 15 is 0 Å². The quantitative estimate of drug-likeness (QED) is 0.277. The van der Waals surface area contributed by atoms with E-state index < -0.39 is 0 Å². The van der Waals surface area contributed by atoms with Crippen LogP contribution >= 0.6 is 0 Å². The molecule has 1 unspecified atom stereocenters. The maximum Gasteiger partial charge on any atom is 0.281 e. The van der Waals surface area contributed by atoms with Gasteiger partial charge >= 0.3 is 0 Å². The highest BCUT2D eigenvalue weighted by Gasteiger charge is 2.11. The molecule has 4 N–H and O–H groups in total. The molecule has 0 aliphatic heterocycles. The Kier molecular flexibility index (Phi) is 5.66. The van der Waals surface area contributed by atoms with Crippen molar-refractivity contribution < 1.29 is 4.79 Å². The third-order valence-corrected chi connectivity index (χ3v) is 4.43. The first-order chi connectivity index (χ1) is 12.7. The van der Waals surface area contributed by atoms with Crippen LogP contribution in [0.1, 0.15) is 24.0 Å². The summed E-state index contributed by atoms with van der Waals surface area (Å²) in [5.74, 6) is 5.29. The van der Waals surface area contributed by atoms with Crippen molar-refractivity contribution in [1.29, 1.82) is 0 Å². The highest BCUT2D eigenvalue weighted by molar-refractivity contribution is 5.97. The highest BCUT2D eigenvalue weighted by Crippen LogP contribution is 2.18. The van der Waals surface area contributed by atoms with Crippen molar-refractivity contribution >= 4 is 22.8 Å². The van der Waals surface area contributed by atoms with Crippen LogP contribution in [-0.4, -0.2) is 12.5 Å². The molecular weight excluding hydrogens is 322 g/mol. The molecule has 1 amide bonds. The molecule has 0 bridgehead atoms. The molecule has 3 aromatic carbocycles. The summed E-state index contributed by atoms with van der Waals surface area (Å²) in [5, 5.41) is 5.53. The number of benzene rings is 3. The van der Waals surface area contributed by atoms with Gasteiger partial charge in [0.2, 0.25) is 0 Å². The Morgan fingerprint density at radius 3 is 2.42 bits per heavy atom. The van der Waals surface area contributed by atoms with Gasteiger partial charge in [0.15, 0.2) is 0 Å². The number of hydrogen-bond donors (Lipinski definition) is 3. The van der Waals surface area contributed by atoms with Crippen molar-refractivity contribution in [1.82, 2.24) is 10.7 Å². The first-order valence-electron chi connectivity index (χ1n) is 8.67. The number of carbonyl (C=O) groups excluding carboxylic acids is 1. The van der Waals surface area contributed by atoms with Crippen LogP contribution in [0.15, 0.2) is 78.5 Å². The van der Waals surface area contributed by atoms with Crippen LogP contribution in [0.5, 0.6) is 0 Å². The van der Waals surface area contributed by atoms with E-state index in [1.54, 1.807) is 0 Å². The fourth-order valence-corrected chi connectivity index (χ4v) is 2.90. The molecule has 0 aliphatic carbocycles. The summed E-state index contributed by atoms with van der Waals surface area (Å²) in [4.78, 5) is 12.2. The number of amides is 1. The van der Waals surface area contributed by atoms with Crippen LogP contribution in [-0.2, 0) is 4.79 Å². The van der Waals surface area contributed by atoms with E-state index in [1.165, 1.54) is 10.9 Å². The van der Waals surface area contributed by atoms with Crippen LogP contribution in [0.3, 0.4) is 0 Å². The molecule has 0 spiro atoms. The first-order valence-corrected chi connectivity index (χ1v) is 8.67. The van der Waals surface area contributed by atoms with Gasteiger partial charge in [-0.25, -0.2) is 5.84 Å². The molecule has 132 valence electrons. The minimum absolute atomic E-state index is 0.266. The Labute approximate surface area is 153 Å². The third-order valence-electron chi connectivity index (χ3n) is 4.43. The van der Waals surface area contributed by atoms with E-state index in [0.29, 0.717) is 12.2 Å². The summed E-state index contributed by atoms with van der Waals surface area (Å²) in [5.41, 5.74) is 4.83. The maximum atomic E-state index is 12.2. The Morgan fingerprint density at radius 1 is 1.00 bits per heavy atom. The molecule has 26 heavy (non-hydrogen) atoms. The minimum Gasteiger partial charge on any atom is -0.380 e. The lowest BCUT2D eigenvalue weighted by atomic mass is 10.0. The second kappa shape index (κ2) is 8.32. The van der Waals surface area contributed by atoms with Gasteiger partial charge in [-0.1, -0.05) is 73.7 Å². The second-order valence-corrected chi connectivity index (χ2v) is 6.33. The standard InChI is InChI=1S/C22H23N3O/c1-16(18-7-3-2-4-8-18)15-24-21(22(26)25-23)14-17-11-12-19-9-5-6-10-20(19)13-17/h2-14,16,24H,15,23H2,1H3,(H,25,26)/b21-14+. The predicted molar refractivity (Wildman–Crippen MR) is 107 cm³/mol. The zero-order chi connectivity index (χ0) is 18.4. The Hall–Kier alpha value is -3.11. The fourth-order valence-electron chi connectivity index (χ4n) is 2.90. The lowest BCUT2D eigenvalue weighted by Gasteiger charge is -2.15. The predicted octanol–water partition coefficient (Wildman–Crippen LogP) is 3.56. The summed E-state index contributed by atoms with van der Waals surface area (Å²) in [7, 11) is 0. The number of nitrogens with one attached hydrogen (secondary N) is 2.